The Kier molecular flexibility index (Phi) is 6.51. The van der Waals surface area contributed by atoms with Gasteiger partial charge in [-0.3, -0.25) is 14.6 Å². The predicted molar refractivity (Wildman–Crippen MR) is 93.4 cm³/mol. The molecule has 0 bridgehead atoms. The molecule has 0 fully saturated rings. The highest BCUT2D eigenvalue weighted by atomic mass is 16.5. The van der Waals surface area contributed by atoms with Crippen LogP contribution >= 0.6 is 0 Å². The van der Waals surface area contributed by atoms with E-state index in [0.717, 1.165) is 5.56 Å². The molecule has 0 aliphatic heterocycles. The van der Waals surface area contributed by atoms with E-state index in [1.165, 1.54) is 4.90 Å². The molecule has 25 heavy (non-hydrogen) atoms. The van der Waals surface area contributed by atoms with Gasteiger partial charge < -0.3 is 14.7 Å². The van der Waals surface area contributed by atoms with E-state index in [2.05, 4.69) is 4.98 Å². The van der Waals surface area contributed by atoms with Gasteiger partial charge in [0.05, 0.1) is 0 Å². The number of pyridine rings is 1. The quantitative estimate of drug-likeness (QED) is 0.798. The smallest absolute Gasteiger partial charge is 0.323 e. The number of rotatable bonds is 8. The fraction of sp³-hybridized carbons (Fsp3) is 0.316. The summed E-state index contributed by atoms with van der Waals surface area (Å²) in [7, 11) is 0. The van der Waals surface area contributed by atoms with Crippen molar-refractivity contribution in [2.45, 2.75) is 20.5 Å². The van der Waals surface area contributed by atoms with Crippen molar-refractivity contribution in [1.82, 2.24) is 9.88 Å². The van der Waals surface area contributed by atoms with Gasteiger partial charge in [0, 0.05) is 24.5 Å². The second kappa shape index (κ2) is 8.82. The van der Waals surface area contributed by atoms with Gasteiger partial charge >= 0.3 is 5.97 Å². The molecule has 6 nitrogen and oxygen atoms in total. The summed E-state index contributed by atoms with van der Waals surface area (Å²) in [5, 5.41) is 9.00. The van der Waals surface area contributed by atoms with Crippen LogP contribution in [0.4, 0.5) is 0 Å². The van der Waals surface area contributed by atoms with Crippen LogP contribution < -0.4 is 4.74 Å². The Morgan fingerprint density at radius 3 is 2.32 bits per heavy atom. The summed E-state index contributed by atoms with van der Waals surface area (Å²) in [4.78, 5) is 28.8. The molecule has 1 heterocycles. The average molecular weight is 342 g/mol. The minimum Gasteiger partial charge on any atom is -0.489 e. The van der Waals surface area contributed by atoms with Crippen molar-refractivity contribution in [2.24, 2.45) is 5.92 Å². The van der Waals surface area contributed by atoms with Gasteiger partial charge in [-0.25, -0.2) is 0 Å². The number of benzene rings is 1. The predicted octanol–water partition coefficient (Wildman–Crippen LogP) is 2.84. The Morgan fingerprint density at radius 1 is 1.12 bits per heavy atom. The van der Waals surface area contributed by atoms with Crippen LogP contribution in [-0.4, -0.2) is 40.0 Å². The molecule has 1 aromatic heterocycles. The largest absolute Gasteiger partial charge is 0.489 e. The lowest BCUT2D eigenvalue weighted by molar-refractivity contribution is -0.137. The molecule has 0 saturated heterocycles. The number of carbonyl (C=O) groups excluding carboxylic acids is 1. The minimum absolute atomic E-state index is 0.186. The first kappa shape index (κ1) is 18.4. The molecule has 1 aromatic carbocycles. The van der Waals surface area contributed by atoms with Crippen molar-refractivity contribution in [1.29, 1.82) is 0 Å². The van der Waals surface area contributed by atoms with Gasteiger partial charge in [0.2, 0.25) is 0 Å². The number of aromatic nitrogens is 1. The molecule has 1 amide bonds. The number of ether oxygens (including phenoxy) is 1. The Bertz CT molecular complexity index is 699. The van der Waals surface area contributed by atoms with E-state index in [1.807, 2.05) is 26.0 Å². The lowest BCUT2D eigenvalue weighted by Gasteiger charge is -2.22. The Labute approximate surface area is 147 Å². The number of aliphatic carboxylic acids is 1. The summed E-state index contributed by atoms with van der Waals surface area (Å²) in [6.07, 6.45) is 3.40. The van der Waals surface area contributed by atoms with Crippen LogP contribution in [0.5, 0.6) is 5.75 Å². The van der Waals surface area contributed by atoms with E-state index in [-0.39, 0.29) is 18.4 Å². The molecule has 2 rings (SSSR count). The first-order valence-corrected chi connectivity index (χ1v) is 8.08. The van der Waals surface area contributed by atoms with Crippen LogP contribution in [-0.2, 0) is 11.4 Å². The Morgan fingerprint density at radius 2 is 1.76 bits per heavy atom. The standard InChI is InChI=1S/C19H22N2O4/c1-14(2)11-21(12-18(22)23)19(24)16-3-5-17(6-4-16)25-13-15-7-9-20-10-8-15/h3-10,14H,11-13H2,1-2H3,(H,22,23). The van der Waals surface area contributed by atoms with Crippen molar-refractivity contribution in [3.63, 3.8) is 0 Å². The zero-order valence-electron chi connectivity index (χ0n) is 14.4. The third-order valence-corrected chi connectivity index (χ3v) is 3.45. The number of carboxylic acids is 1. The zero-order valence-corrected chi connectivity index (χ0v) is 14.4. The molecule has 0 atom stereocenters. The molecule has 0 unspecified atom stereocenters. The summed E-state index contributed by atoms with van der Waals surface area (Å²) in [5.74, 6) is -0.489. The first-order valence-electron chi connectivity index (χ1n) is 8.08. The van der Waals surface area contributed by atoms with Crippen LogP contribution in [0.2, 0.25) is 0 Å². The molecule has 1 N–H and O–H groups in total. The molecule has 0 saturated carbocycles. The van der Waals surface area contributed by atoms with Gasteiger partial charge in [-0.1, -0.05) is 13.8 Å². The summed E-state index contributed by atoms with van der Waals surface area (Å²) >= 11 is 0. The topological polar surface area (TPSA) is 79.7 Å². The van der Waals surface area contributed by atoms with Crippen molar-refractivity contribution < 1.29 is 19.4 Å². The highest BCUT2D eigenvalue weighted by Crippen LogP contribution is 2.16. The van der Waals surface area contributed by atoms with Crippen LogP contribution in [0, 0.1) is 5.92 Å². The van der Waals surface area contributed by atoms with Gasteiger partial charge in [0.25, 0.3) is 5.91 Å². The van der Waals surface area contributed by atoms with Crippen molar-refractivity contribution in [3.05, 3.63) is 59.9 Å². The second-order valence-corrected chi connectivity index (χ2v) is 6.14. The van der Waals surface area contributed by atoms with Gasteiger partial charge in [0.1, 0.15) is 18.9 Å². The van der Waals surface area contributed by atoms with E-state index in [4.69, 9.17) is 9.84 Å². The summed E-state index contributed by atoms with van der Waals surface area (Å²) < 4.78 is 5.67. The van der Waals surface area contributed by atoms with Crippen LogP contribution in [0.3, 0.4) is 0 Å². The van der Waals surface area contributed by atoms with Crippen LogP contribution in [0.25, 0.3) is 0 Å². The van der Waals surface area contributed by atoms with Crippen LogP contribution in [0.15, 0.2) is 48.8 Å². The van der Waals surface area contributed by atoms with Gasteiger partial charge in [-0.05, 0) is 47.9 Å². The SMILES string of the molecule is CC(C)CN(CC(=O)O)C(=O)c1ccc(OCc2ccncc2)cc1. The highest BCUT2D eigenvalue weighted by molar-refractivity contribution is 5.95. The molecule has 0 radical (unpaired) electrons. The molecule has 0 aliphatic carbocycles. The third kappa shape index (κ3) is 5.91. The van der Waals surface area contributed by atoms with Crippen LogP contribution in [0.1, 0.15) is 29.8 Å². The number of hydrogen-bond donors (Lipinski definition) is 1. The molecule has 0 spiro atoms. The van der Waals surface area contributed by atoms with E-state index >= 15 is 0 Å². The lowest BCUT2D eigenvalue weighted by Crippen LogP contribution is -2.38. The average Bonchev–Trinajstić information content (AvgIpc) is 2.59. The number of amides is 1. The monoisotopic (exact) mass is 342 g/mol. The number of carboxylic acid groups (broad SMARTS) is 1. The van der Waals surface area contributed by atoms with E-state index in [9.17, 15) is 9.59 Å². The van der Waals surface area contributed by atoms with Gasteiger partial charge in [-0.2, -0.15) is 0 Å². The maximum absolute atomic E-state index is 12.5. The molecule has 132 valence electrons. The Balaban J connectivity index is 2.01. The maximum atomic E-state index is 12.5. The highest BCUT2D eigenvalue weighted by Gasteiger charge is 2.19. The first-order chi connectivity index (χ1) is 12.0. The second-order valence-electron chi connectivity index (χ2n) is 6.14. The fourth-order valence-electron chi connectivity index (χ4n) is 2.35. The Hall–Kier alpha value is -2.89. The zero-order chi connectivity index (χ0) is 18.2. The van der Waals surface area contributed by atoms with Crippen molar-refractivity contribution >= 4 is 11.9 Å². The number of carbonyl (C=O) groups is 2. The molecular weight excluding hydrogens is 320 g/mol. The summed E-state index contributed by atoms with van der Waals surface area (Å²) in [6, 6.07) is 10.5. The normalized spacial score (nSPS) is 10.5. The van der Waals surface area contributed by atoms with Crippen molar-refractivity contribution in [2.75, 3.05) is 13.1 Å². The third-order valence-electron chi connectivity index (χ3n) is 3.45. The summed E-state index contributed by atoms with van der Waals surface area (Å²) in [5.41, 5.74) is 1.44. The molecular formula is C19H22N2O4. The number of hydrogen-bond acceptors (Lipinski definition) is 4. The van der Waals surface area contributed by atoms with E-state index in [0.29, 0.717) is 24.5 Å². The van der Waals surface area contributed by atoms with Crippen molar-refractivity contribution in [3.8, 4) is 5.75 Å². The minimum atomic E-state index is -1.02. The summed E-state index contributed by atoms with van der Waals surface area (Å²) in [6.45, 7) is 4.38. The van der Waals surface area contributed by atoms with Gasteiger partial charge in [-0.15, -0.1) is 0 Å². The molecule has 6 heteroatoms. The fourth-order valence-corrected chi connectivity index (χ4v) is 2.35. The van der Waals surface area contributed by atoms with E-state index in [1.54, 1.807) is 36.7 Å². The molecule has 0 aliphatic rings. The van der Waals surface area contributed by atoms with E-state index < -0.39 is 5.97 Å². The van der Waals surface area contributed by atoms with Gasteiger partial charge in [0.15, 0.2) is 0 Å². The maximum Gasteiger partial charge on any atom is 0.323 e. The molecule has 2 aromatic rings. The number of nitrogens with zero attached hydrogens (tertiary/aromatic N) is 2. The lowest BCUT2D eigenvalue weighted by atomic mass is 10.1.